The molecule has 1 aromatic heterocycles. The number of amides is 2. The summed E-state index contributed by atoms with van der Waals surface area (Å²) in [7, 11) is 0. The molecule has 4 heterocycles. The lowest BCUT2D eigenvalue weighted by Crippen LogP contribution is -2.62. The van der Waals surface area contributed by atoms with Crippen LogP contribution in [0.3, 0.4) is 0 Å². The first kappa shape index (κ1) is 19.9. The number of carbonyl (C=O) groups is 2. The van der Waals surface area contributed by atoms with Crippen LogP contribution in [-0.4, -0.2) is 46.9 Å². The van der Waals surface area contributed by atoms with E-state index in [4.69, 9.17) is 0 Å². The van der Waals surface area contributed by atoms with Crippen LogP contribution in [0.2, 0.25) is 0 Å². The zero-order valence-electron chi connectivity index (χ0n) is 16.7. The van der Waals surface area contributed by atoms with Crippen LogP contribution in [0.25, 0.3) is 0 Å². The highest BCUT2D eigenvalue weighted by atomic mass is 32.2. The van der Waals surface area contributed by atoms with Gasteiger partial charge in [0.1, 0.15) is 5.82 Å². The van der Waals surface area contributed by atoms with Crippen LogP contribution in [0.15, 0.2) is 52.4 Å². The molecule has 7 heteroatoms. The Kier molecular flexibility index (Phi) is 5.87. The SMILES string of the molecule is CC(=O)Nc1cc(Sc2ccc(C(=O)N[C@@H]3C4CCN(CC4)[C@H]3C)cc2)ccn1. The minimum absolute atomic E-state index is 0.00371. The minimum atomic E-state index is -0.146. The van der Waals surface area contributed by atoms with E-state index in [1.165, 1.54) is 19.8 Å². The summed E-state index contributed by atoms with van der Waals surface area (Å²) in [6, 6.07) is 12.0. The molecule has 0 radical (unpaired) electrons. The van der Waals surface area contributed by atoms with Crippen LogP contribution in [0.5, 0.6) is 0 Å². The number of pyridine rings is 1. The number of carbonyl (C=O) groups excluding carboxylic acids is 2. The van der Waals surface area contributed by atoms with Crippen molar-refractivity contribution in [1.29, 1.82) is 0 Å². The molecule has 2 bridgehead atoms. The molecular formula is C22H26N4O2S. The number of aromatic nitrogens is 1. The largest absolute Gasteiger partial charge is 0.347 e. The maximum atomic E-state index is 12.8. The summed E-state index contributed by atoms with van der Waals surface area (Å²) < 4.78 is 0. The maximum Gasteiger partial charge on any atom is 0.251 e. The summed E-state index contributed by atoms with van der Waals surface area (Å²) in [4.78, 5) is 32.6. The van der Waals surface area contributed by atoms with Crippen molar-refractivity contribution >= 4 is 29.4 Å². The van der Waals surface area contributed by atoms with Gasteiger partial charge in [0.2, 0.25) is 5.91 Å². The number of nitrogens with one attached hydrogen (secondary N) is 2. The van der Waals surface area contributed by atoms with Crippen LogP contribution in [0.1, 0.15) is 37.0 Å². The molecule has 0 spiro atoms. The second-order valence-corrected chi connectivity index (χ2v) is 8.94. The lowest BCUT2D eigenvalue weighted by molar-refractivity contribution is -0.114. The van der Waals surface area contributed by atoms with Crippen LogP contribution in [0.4, 0.5) is 5.82 Å². The summed E-state index contributed by atoms with van der Waals surface area (Å²) >= 11 is 1.57. The highest BCUT2D eigenvalue weighted by Crippen LogP contribution is 2.32. The van der Waals surface area contributed by atoms with Crippen molar-refractivity contribution in [2.24, 2.45) is 5.92 Å². The highest BCUT2D eigenvalue weighted by molar-refractivity contribution is 7.99. The van der Waals surface area contributed by atoms with Crippen LogP contribution in [-0.2, 0) is 4.79 Å². The Balaban J connectivity index is 1.39. The molecule has 5 rings (SSSR count). The fourth-order valence-corrected chi connectivity index (χ4v) is 5.16. The number of fused-ring (bicyclic) bond motifs is 3. The Hall–Kier alpha value is -2.38. The number of hydrogen-bond acceptors (Lipinski definition) is 5. The standard InChI is InChI=1S/C22H26N4O2S/c1-14-21(16-8-11-26(14)12-9-16)25-22(28)17-3-5-18(6-4-17)29-19-7-10-23-20(13-19)24-15(2)27/h3-7,10,13-14,16,21H,8-9,11-12H2,1-2H3,(H,25,28)(H,23,24,27)/t14-,21-/m0/s1. The lowest BCUT2D eigenvalue weighted by Gasteiger charge is -2.49. The summed E-state index contributed by atoms with van der Waals surface area (Å²) in [6.45, 7) is 5.99. The molecule has 2 atom stereocenters. The van der Waals surface area contributed by atoms with Gasteiger partial charge in [0.15, 0.2) is 0 Å². The molecule has 3 fully saturated rings. The van der Waals surface area contributed by atoms with Gasteiger partial charge in [-0.2, -0.15) is 0 Å². The molecule has 29 heavy (non-hydrogen) atoms. The molecule has 1 aromatic carbocycles. The predicted octanol–water partition coefficient (Wildman–Crippen LogP) is 3.40. The zero-order chi connectivity index (χ0) is 20.4. The quantitative estimate of drug-likeness (QED) is 0.790. The third-order valence-electron chi connectivity index (χ3n) is 5.86. The third kappa shape index (κ3) is 4.62. The van der Waals surface area contributed by atoms with E-state index in [1.807, 2.05) is 36.4 Å². The first-order chi connectivity index (χ1) is 14.0. The van der Waals surface area contributed by atoms with E-state index in [-0.39, 0.29) is 17.9 Å². The smallest absolute Gasteiger partial charge is 0.251 e. The van der Waals surface area contributed by atoms with Crippen molar-refractivity contribution in [3.05, 3.63) is 48.2 Å². The van der Waals surface area contributed by atoms with Gasteiger partial charge in [-0.25, -0.2) is 4.98 Å². The fraction of sp³-hybridized carbons (Fsp3) is 0.409. The van der Waals surface area contributed by atoms with Crippen LogP contribution < -0.4 is 10.6 Å². The molecule has 3 aliphatic rings. The van der Waals surface area contributed by atoms with Gasteiger partial charge >= 0.3 is 0 Å². The van der Waals surface area contributed by atoms with E-state index in [2.05, 4.69) is 27.4 Å². The number of anilines is 1. The van der Waals surface area contributed by atoms with Crippen molar-refractivity contribution < 1.29 is 9.59 Å². The van der Waals surface area contributed by atoms with Gasteiger partial charge < -0.3 is 10.6 Å². The molecule has 0 aliphatic carbocycles. The van der Waals surface area contributed by atoms with E-state index in [0.29, 0.717) is 23.3 Å². The lowest BCUT2D eigenvalue weighted by atomic mass is 9.79. The van der Waals surface area contributed by atoms with E-state index in [9.17, 15) is 9.59 Å². The second kappa shape index (κ2) is 8.55. The van der Waals surface area contributed by atoms with E-state index in [0.717, 1.165) is 22.9 Å². The van der Waals surface area contributed by atoms with Crippen LogP contribution >= 0.6 is 11.8 Å². The van der Waals surface area contributed by atoms with E-state index >= 15 is 0 Å². The molecule has 152 valence electrons. The second-order valence-electron chi connectivity index (χ2n) is 7.80. The van der Waals surface area contributed by atoms with Gasteiger partial charge in [0, 0.05) is 40.6 Å². The third-order valence-corrected chi connectivity index (χ3v) is 6.86. The van der Waals surface area contributed by atoms with Gasteiger partial charge in [-0.15, -0.1) is 0 Å². The van der Waals surface area contributed by atoms with Crippen molar-refractivity contribution in [3.8, 4) is 0 Å². The monoisotopic (exact) mass is 410 g/mol. The van der Waals surface area contributed by atoms with Gasteiger partial charge in [0.25, 0.3) is 5.91 Å². The number of benzene rings is 1. The van der Waals surface area contributed by atoms with Gasteiger partial charge in [-0.05, 0) is 75.2 Å². The van der Waals surface area contributed by atoms with Crippen molar-refractivity contribution in [2.75, 3.05) is 18.4 Å². The van der Waals surface area contributed by atoms with Gasteiger partial charge in [-0.3, -0.25) is 14.5 Å². The first-order valence-corrected chi connectivity index (χ1v) is 10.9. The number of rotatable bonds is 5. The average Bonchev–Trinajstić information content (AvgIpc) is 2.71. The molecule has 0 unspecified atom stereocenters. The number of piperidine rings is 3. The van der Waals surface area contributed by atoms with Crippen molar-refractivity contribution in [1.82, 2.24) is 15.2 Å². The zero-order valence-corrected chi connectivity index (χ0v) is 17.5. The topological polar surface area (TPSA) is 74.3 Å². The van der Waals surface area contributed by atoms with E-state index < -0.39 is 0 Å². The Bertz CT molecular complexity index is 892. The molecule has 6 nitrogen and oxygen atoms in total. The molecule has 3 aliphatic heterocycles. The molecule has 2 amide bonds. The van der Waals surface area contributed by atoms with Gasteiger partial charge in [0.05, 0.1) is 0 Å². The summed E-state index contributed by atoms with van der Waals surface area (Å²) in [5.74, 6) is 0.986. The van der Waals surface area contributed by atoms with Crippen molar-refractivity contribution in [3.63, 3.8) is 0 Å². The molecule has 2 N–H and O–H groups in total. The molecule has 0 saturated carbocycles. The summed E-state index contributed by atoms with van der Waals surface area (Å²) in [5, 5.41) is 5.96. The summed E-state index contributed by atoms with van der Waals surface area (Å²) in [5.41, 5.74) is 0.687. The highest BCUT2D eigenvalue weighted by Gasteiger charge is 2.40. The van der Waals surface area contributed by atoms with Crippen molar-refractivity contribution in [2.45, 2.75) is 48.6 Å². The molecule has 3 saturated heterocycles. The average molecular weight is 411 g/mol. The summed E-state index contributed by atoms with van der Waals surface area (Å²) in [6.07, 6.45) is 4.03. The Morgan fingerprint density at radius 3 is 2.48 bits per heavy atom. The van der Waals surface area contributed by atoms with Gasteiger partial charge in [-0.1, -0.05) is 11.8 Å². The Morgan fingerprint density at radius 1 is 1.10 bits per heavy atom. The first-order valence-electron chi connectivity index (χ1n) is 10.1. The van der Waals surface area contributed by atoms with E-state index in [1.54, 1.807) is 18.0 Å². The molecular weight excluding hydrogens is 384 g/mol. The Morgan fingerprint density at radius 2 is 1.83 bits per heavy atom. The fourth-order valence-electron chi connectivity index (χ4n) is 4.31. The molecule has 2 aromatic rings. The Labute approximate surface area is 175 Å². The van der Waals surface area contributed by atoms with Crippen LogP contribution in [0, 0.1) is 5.92 Å². The minimum Gasteiger partial charge on any atom is -0.347 e. The normalized spacial score (nSPS) is 25.4. The number of hydrogen-bond donors (Lipinski definition) is 2. The maximum absolute atomic E-state index is 12.8. The number of nitrogens with zero attached hydrogens (tertiary/aromatic N) is 2. The predicted molar refractivity (Wildman–Crippen MR) is 114 cm³/mol.